The summed E-state index contributed by atoms with van der Waals surface area (Å²) in [5.74, 6) is 1.27. The third kappa shape index (κ3) is 6.76. The van der Waals surface area contributed by atoms with Gasteiger partial charge < -0.3 is 25.0 Å². The van der Waals surface area contributed by atoms with Gasteiger partial charge in [0, 0.05) is 17.9 Å². The smallest absolute Gasteiger partial charge is 0.258 e. The first-order chi connectivity index (χ1) is 15.0. The zero-order valence-corrected chi connectivity index (χ0v) is 18.2. The van der Waals surface area contributed by atoms with E-state index >= 15 is 0 Å². The van der Waals surface area contributed by atoms with Crippen LogP contribution in [-0.2, 0) is 4.79 Å². The number of nitrogens with one attached hydrogen (secondary N) is 2. The van der Waals surface area contributed by atoms with Gasteiger partial charge in [-0.2, -0.15) is 0 Å². The summed E-state index contributed by atoms with van der Waals surface area (Å²) in [4.78, 5) is 14.4. The van der Waals surface area contributed by atoms with E-state index in [9.17, 15) is 4.79 Å². The largest absolute Gasteiger partial charge is 0.497 e. The van der Waals surface area contributed by atoms with E-state index in [1.165, 1.54) is 0 Å². The summed E-state index contributed by atoms with van der Waals surface area (Å²) in [6.45, 7) is 0.437. The van der Waals surface area contributed by atoms with Gasteiger partial charge in [-0.05, 0) is 68.2 Å². The molecule has 31 heavy (non-hydrogen) atoms. The molecule has 3 rings (SSSR count). The highest BCUT2D eigenvalue weighted by Gasteiger charge is 2.16. The fourth-order valence-electron chi connectivity index (χ4n) is 3.18. The number of rotatable bonds is 10. The predicted molar refractivity (Wildman–Crippen MR) is 124 cm³/mol. The zero-order valence-electron chi connectivity index (χ0n) is 18.2. The molecule has 0 fully saturated rings. The molecule has 162 valence electrons. The van der Waals surface area contributed by atoms with Crippen molar-refractivity contribution >= 4 is 17.3 Å². The number of carbonyl (C=O) groups excluding carboxylic acids is 1. The molecule has 1 unspecified atom stereocenters. The van der Waals surface area contributed by atoms with Crippen molar-refractivity contribution < 1.29 is 14.3 Å². The van der Waals surface area contributed by atoms with Crippen molar-refractivity contribution in [1.82, 2.24) is 10.2 Å². The van der Waals surface area contributed by atoms with E-state index in [-0.39, 0.29) is 18.6 Å². The summed E-state index contributed by atoms with van der Waals surface area (Å²) < 4.78 is 10.9. The van der Waals surface area contributed by atoms with Crippen molar-refractivity contribution in [3.8, 4) is 11.5 Å². The summed E-state index contributed by atoms with van der Waals surface area (Å²) in [5.41, 5.74) is 3.05. The molecule has 0 spiro atoms. The van der Waals surface area contributed by atoms with Gasteiger partial charge in [0.25, 0.3) is 5.91 Å². The van der Waals surface area contributed by atoms with Gasteiger partial charge in [-0.1, -0.05) is 30.3 Å². The molecule has 0 saturated carbocycles. The maximum atomic E-state index is 12.3. The van der Waals surface area contributed by atoms with Crippen molar-refractivity contribution in [2.75, 3.05) is 39.7 Å². The first-order valence-corrected chi connectivity index (χ1v) is 10.2. The Labute approximate surface area is 183 Å². The molecule has 0 heterocycles. The third-order valence-electron chi connectivity index (χ3n) is 4.88. The first-order valence-electron chi connectivity index (χ1n) is 10.2. The average Bonchev–Trinajstić information content (AvgIpc) is 2.79. The molecular formula is C25H29N3O3. The second kappa shape index (κ2) is 11.0. The summed E-state index contributed by atoms with van der Waals surface area (Å²) in [6.07, 6.45) is 0. The van der Waals surface area contributed by atoms with E-state index in [1.54, 1.807) is 7.11 Å². The van der Waals surface area contributed by atoms with Crippen LogP contribution in [0, 0.1) is 0 Å². The lowest BCUT2D eigenvalue weighted by Gasteiger charge is -2.25. The number of amides is 1. The van der Waals surface area contributed by atoms with Crippen LogP contribution in [0.25, 0.3) is 0 Å². The quantitative estimate of drug-likeness (QED) is 0.515. The Hall–Kier alpha value is -3.51. The first kappa shape index (κ1) is 22.2. The van der Waals surface area contributed by atoms with E-state index in [2.05, 4.69) is 15.5 Å². The highest BCUT2D eigenvalue weighted by Crippen LogP contribution is 2.22. The number of benzene rings is 3. The number of hydrogen-bond acceptors (Lipinski definition) is 5. The minimum atomic E-state index is -0.166. The fourth-order valence-corrected chi connectivity index (χ4v) is 3.18. The van der Waals surface area contributed by atoms with Crippen LogP contribution < -0.4 is 20.1 Å². The molecule has 1 amide bonds. The van der Waals surface area contributed by atoms with E-state index in [4.69, 9.17) is 9.47 Å². The molecule has 3 aromatic carbocycles. The SMILES string of the molecule is COc1cccc(C(CNC(=O)COc2ccc(Nc3ccccc3)cc2)N(C)C)c1. The van der Waals surface area contributed by atoms with Gasteiger partial charge in [-0.3, -0.25) is 4.79 Å². The van der Waals surface area contributed by atoms with Gasteiger partial charge in [-0.15, -0.1) is 0 Å². The normalized spacial score (nSPS) is 11.6. The molecule has 0 saturated heterocycles. The number of anilines is 2. The third-order valence-corrected chi connectivity index (χ3v) is 4.88. The lowest BCUT2D eigenvalue weighted by atomic mass is 10.1. The maximum absolute atomic E-state index is 12.3. The Morgan fingerprint density at radius 3 is 2.29 bits per heavy atom. The second-order valence-corrected chi connectivity index (χ2v) is 7.36. The van der Waals surface area contributed by atoms with Gasteiger partial charge in [0.1, 0.15) is 11.5 Å². The highest BCUT2D eigenvalue weighted by molar-refractivity contribution is 5.77. The molecular weight excluding hydrogens is 390 g/mol. The van der Waals surface area contributed by atoms with Crippen LogP contribution in [0.5, 0.6) is 11.5 Å². The maximum Gasteiger partial charge on any atom is 0.258 e. The van der Waals surface area contributed by atoms with Crippen molar-refractivity contribution in [1.29, 1.82) is 0 Å². The molecule has 6 heteroatoms. The summed E-state index contributed by atoms with van der Waals surface area (Å²) in [7, 11) is 5.61. The Balaban J connectivity index is 1.48. The van der Waals surface area contributed by atoms with Crippen LogP contribution in [0.4, 0.5) is 11.4 Å². The van der Waals surface area contributed by atoms with Crippen LogP contribution in [0.3, 0.4) is 0 Å². The summed E-state index contributed by atoms with van der Waals surface area (Å²) in [6, 6.07) is 25.4. The number of likely N-dealkylation sites (N-methyl/N-ethyl adjacent to an activating group) is 1. The molecule has 3 aromatic rings. The summed E-state index contributed by atoms with van der Waals surface area (Å²) in [5, 5.41) is 6.27. The zero-order chi connectivity index (χ0) is 22.1. The number of nitrogens with zero attached hydrogens (tertiary/aromatic N) is 1. The molecule has 0 aliphatic heterocycles. The lowest BCUT2D eigenvalue weighted by Crippen LogP contribution is -2.36. The number of para-hydroxylation sites is 1. The van der Waals surface area contributed by atoms with Gasteiger partial charge >= 0.3 is 0 Å². The van der Waals surface area contributed by atoms with Gasteiger partial charge in [0.2, 0.25) is 0 Å². The van der Waals surface area contributed by atoms with Crippen LogP contribution >= 0.6 is 0 Å². The Bertz CT molecular complexity index is 959. The minimum absolute atomic E-state index is 0.0300. The van der Waals surface area contributed by atoms with Crippen molar-refractivity contribution in [2.24, 2.45) is 0 Å². The molecule has 1 atom stereocenters. The Kier molecular flexibility index (Phi) is 7.90. The summed E-state index contributed by atoms with van der Waals surface area (Å²) >= 11 is 0. The molecule has 2 N–H and O–H groups in total. The van der Waals surface area contributed by atoms with E-state index in [1.807, 2.05) is 93.0 Å². The molecule has 6 nitrogen and oxygen atoms in total. The van der Waals surface area contributed by atoms with Crippen molar-refractivity contribution in [3.05, 3.63) is 84.4 Å². The van der Waals surface area contributed by atoms with Crippen molar-refractivity contribution in [2.45, 2.75) is 6.04 Å². The molecule has 0 aliphatic rings. The van der Waals surface area contributed by atoms with Gasteiger partial charge in [-0.25, -0.2) is 0 Å². The molecule has 0 bridgehead atoms. The van der Waals surface area contributed by atoms with E-state index in [0.29, 0.717) is 12.3 Å². The second-order valence-electron chi connectivity index (χ2n) is 7.36. The number of hydrogen-bond donors (Lipinski definition) is 2. The molecule has 0 aliphatic carbocycles. The number of carbonyl (C=O) groups is 1. The fraction of sp³-hybridized carbons (Fsp3) is 0.240. The molecule has 0 aromatic heterocycles. The monoisotopic (exact) mass is 419 g/mol. The number of ether oxygens (including phenoxy) is 2. The topological polar surface area (TPSA) is 62.8 Å². The minimum Gasteiger partial charge on any atom is -0.497 e. The van der Waals surface area contributed by atoms with E-state index < -0.39 is 0 Å². The molecule has 0 radical (unpaired) electrons. The average molecular weight is 420 g/mol. The Morgan fingerprint density at radius 2 is 1.61 bits per heavy atom. The van der Waals surface area contributed by atoms with Crippen LogP contribution in [0.15, 0.2) is 78.9 Å². The van der Waals surface area contributed by atoms with E-state index in [0.717, 1.165) is 22.7 Å². The highest BCUT2D eigenvalue weighted by atomic mass is 16.5. The van der Waals surface area contributed by atoms with Gasteiger partial charge in [0.05, 0.1) is 13.2 Å². The van der Waals surface area contributed by atoms with Crippen LogP contribution in [0.2, 0.25) is 0 Å². The van der Waals surface area contributed by atoms with Crippen molar-refractivity contribution in [3.63, 3.8) is 0 Å². The lowest BCUT2D eigenvalue weighted by molar-refractivity contribution is -0.123. The number of methoxy groups -OCH3 is 1. The van der Waals surface area contributed by atoms with Crippen LogP contribution in [-0.4, -0.2) is 45.2 Å². The standard InChI is InChI=1S/C25H29N3O3/c1-28(2)24(19-8-7-11-23(16-19)30-3)17-26-25(29)18-31-22-14-12-21(13-15-22)27-20-9-5-4-6-10-20/h4-16,24,27H,17-18H2,1-3H3,(H,26,29). The van der Waals surface area contributed by atoms with Crippen LogP contribution in [0.1, 0.15) is 11.6 Å². The Morgan fingerprint density at radius 1 is 0.903 bits per heavy atom. The predicted octanol–water partition coefficient (Wildman–Crippen LogP) is 4.24. The van der Waals surface area contributed by atoms with Gasteiger partial charge in [0.15, 0.2) is 6.61 Å².